The molecule has 0 heterocycles. The van der Waals surface area contributed by atoms with E-state index >= 15 is 0 Å². The lowest BCUT2D eigenvalue weighted by molar-refractivity contribution is -0.140. The summed E-state index contributed by atoms with van der Waals surface area (Å²) in [5, 5.41) is 10.9. The molecule has 0 saturated heterocycles. The van der Waals surface area contributed by atoms with Gasteiger partial charge in [-0.3, -0.25) is 9.59 Å². The lowest BCUT2D eigenvalue weighted by Gasteiger charge is -2.08. The van der Waals surface area contributed by atoms with Gasteiger partial charge in [0, 0.05) is 12.9 Å². The van der Waals surface area contributed by atoms with E-state index in [-0.39, 0.29) is 11.7 Å². The molecule has 0 aromatic heterocycles. The van der Waals surface area contributed by atoms with Crippen LogP contribution in [0.25, 0.3) is 0 Å². The molecular weight excluding hydrogens is 206 g/mol. The van der Waals surface area contributed by atoms with Crippen molar-refractivity contribution in [3.8, 4) is 0 Å². The second kappa shape index (κ2) is 7.64. The quantitative estimate of drug-likeness (QED) is 0.590. The minimum atomic E-state index is -1.03. The summed E-state index contributed by atoms with van der Waals surface area (Å²) >= 11 is 1.41. The zero-order chi connectivity index (χ0) is 11.0. The molecule has 1 atom stereocenters. The molecule has 0 fully saturated rings. The van der Waals surface area contributed by atoms with Crippen molar-refractivity contribution in [1.29, 1.82) is 0 Å². The van der Waals surface area contributed by atoms with Gasteiger partial charge in [0.1, 0.15) is 6.04 Å². The minimum Gasteiger partial charge on any atom is -0.480 e. The van der Waals surface area contributed by atoms with Gasteiger partial charge in [-0.25, -0.2) is 0 Å². The Hall–Kier alpha value is -0.750. The van der Waals surface area contributed by atoms with Gasteiger partial charge in [0.25, 0.3) is 0 Å². The van der Waals surface area contributed by atoms with Gasteiger partial charge < -0.3 is 15.2 Å². The van der Waals surface area contributed by atoms with Crippen LogP contribution in [0.5, 0.6) is 0 Å². The molecule has 14 heavy (non-hydrogen) atoms. The van der Waals surface area contributed by atoms with Gasteiger partial charge in [0.2, 0.25) is 5.91 Å². The van der Waals surface area contributed by atoms with Crippen LogP contribution in [0, 0.1) is 0 Å². The first-order valence-corrected chi connectivity index (χ1v) is 5.32. The van der Waals surface area contributed by atoms with Gasteiger partial charge in [0.15, 0.2) is 0 Å². The number of ether oxygens (including phenoxy) is 1. The minimum absolute atomic E-state index is 0.263. The predicted molar refractivity (Wildman–Crippen MR) is 54.4 cm³/mol. The number of carbonyl (C=O) groups excluding carboxylic acids is 1. The first-order valence-electron chi connectivity index (χ1n) is 4.16. The van der Waals surface area contributed by atoms with Crippen molar-refractivity contribution in [3.63, 3.8) is 0 Å². The molecule has 2 N–H and O–H groups in total. The first kappa shape index (κ1) is 13.2. The van der Waals surface area contributed by atoms with Crippen molar-refractivity contribution in [1.82, 2.24) is 5.32 Å². The van der Waals surface area contributed by atoms with E-state index in [1.165, 1.54) is 18.7 Å². The van der Waals surface area contributed by atoms with Gasteiger partial charge in [0.05, 0.1) is 12.4 Å². The van der Waals surface area contributed by atoms with E-state index in [0.29, 0.717) is 6.61 Å². The molecule has 1 amide bonds. The van der Waals surface area contributed by atoms with Crippen molar-refractivity contribution in [2.75, 3.05) is 25.2 Å². The van der Waals surface area contributed by atoms with Gasteiger partial charge >= 0.3 is 5.97 Å². The van der Waals surface area contributed by atoms with Crippen molar-refractivity contribution >= 4 is 23.6 Å². The zero-order valence-electron chi connectivity index (χ0n) is 8.28. The van der Waals surface area contributed by atoms with Crippen LogP contribution in [0.3, 0.4) is 0 Å². The summed E-state index contributed by atoms with van der Waals surface area (Å²) in [4.78, 5) is 21.5. The standard InChI is InChI=1S/C8H15NO4S/c1-6(8(11)12)9-7(10)5-14-4-3-13-2/h6H,3-5H2,1-2H3,(H,9,10)(H,11,12). The van der Waals surface area contributed by atoms with Gasteiger partial charge in [-0.05, 0) is 6.92 Å². The summed E-state index contributed by atoms with van der Waals surface area (Å²) in [6.45, 7) is 2.02. The van der Waals surface area contributed by atoms with Gasteiger partial charge in [-0.2, -0.15) is 0 Å². The fourth-order valence-corrected chi connectivity index (χ4v) is 1.35. The average Bonchev–Trinajstić information content (AvgIpc) is 2.12. The maximum atomic E-state index is 11.1. The molecule has 0 aliphatic heterocycles. The molecule has 0 bridgehead atoms. The molecule has 5 nitrogen and oxygen atoms in total. The number of thioether (sulfide) groups is 1. The third-order valence-electron chi connectivity index (χ3n) is 1.41. The van der Waals surface area contributed by atoms with Crippen LogP contribution in [-0.2, 0) is 14.3 Å². The van der Waals surface area contributed by atoms with E-state index < -0.39 is 12.0 Å². The summed E-state index contributed by atoms with van der Waals surface area (Å²) in [5.41, 5.74) is 0. The summed E-state index contributed by atoms with van der Waals surface area (Å²) < 4.78 is 4.80. The Morgan fingerprint density at radius 3 is 2.71 bits per heavy atom. The largest absolute Gasteiger partial charge is 0.480 e. The number of carbonyl (C=O) groups is 2. The number of hydrogen-bond acceptors (Lipinski definition) is 4. The monoisotopic (exact) mass is 221 g/mol. The smallest absolute Gasteiger partial charge is 0.325 e. The Balaban J connectivity index is 3.50. The van der Waals surface area contributed by atoms with Crippen LogP contribution < -0.4 is 5.32 Å². The summed E-state index contributed by atoms with van der Waals surface area (Å²) in [5.74, 6) is -0.298. The summed E-state index contributed by atoms with van der Waals surface area (Å²) in [6.07, 6.45) is 0. The Morgan fingerprint density at radius 2 is 2.21 bits per heavy atom. The van der Waals surface area contributed by atoms with E-state index in [4.69, 9.17) is 9.84 Å². The lowest BCUT2D eigenvalue weighted by atomic mass is 10.3. The number of aliphatic carboxylic acids is 1. The highest BCUT2D eigenvalue weighted by Gasteiger charge is 2.13. The zero-order valence-corrected chi connectivity index (χ0v) is 9.10. The van der Waals surface area contributed by atoms with Gasteiger partial charge in [-0.15, -0.1) is 11.8 Å². The fourth-order valence-electron chi connectivity index (χ4n) is 0.652. The van der Waals surface area contributed by atoms with Crippen LogP contribution in [-0.4, -0.2) is 48.2 Å². The number of rotatable bonds is 7. The molecule has 0 aromatic rings. The Kier molecular flexibility index (Phi) is 7.23. The van der Waals surface area contributed by atoms with Crippen molar-refractivity contribution in [3.05, 3.63) is 0 Å². The highest BCUT2D eigenvalue weighted by atomic mass is 32.2. The molecule has 1 unspecified atom stereocenters. The predicted octanol–water partition coefficient (Wildman–Crippen LogP) is -0.0447. The normalized spacial score (nSPS) is 12.1. The van der Waals surface area contributed by atoms with Gasteiger partial charge in [-0.1, -0.05) is 0 Å². The van der Waals surface area contributed by atoms with E-state index in [0.717, 1.165) is 5.75 Å². The average molecular weight is 221 g/mol. The van der Waals surface area contributed by atoms with E-state index in [1.807, 2.05) is 0 Å². The Bertz CT molecular complexity index is 198. The first-order chi connectivity index (χ1) is 6.57. The maximum Gasteiger partial charge on any atom is 0.325 e. The molecule has 0 rings (SSSR count). The second-order valence-electron chi connectivity index (χ2n) is 2.67. The molecular formula is C8H15NO4S. The molecule has 0 aromatic carbocycles. The Morgan fingerprint density at radius 1 is 1.57 bits per heavy atom. The van der Waals surface area contributed by atoms with Crippen molar-refractivity contribution < 1.29 is 19.4 Å². The molecule has 0 spiro atoms. The van der Waals surface area contributed by atoms with E-state index in [2.05, 4.69) is 5.32 Å². The summed E-state index contributed by atoms with van der Waals surface area (Å²) in [6, 6.07) is -0.828. The van der Waals surface area contributed by atoms with Crippen molar-refractivity contribution in [2.45, 2.75) is 13.0 Å². The molecule has 0 aliphatic carbocycles. The molecule has 0 radical (unpaired) electrons. The number of nitrogens with one attached hydrogen (secondary N) is 1. The maximum absolute atomic E-state index is 11.1. The molecule has 0 saturated carbocycles. The van der Waals surface area contributed by atoms with Crippen LogP contribution in [0.15, 0.2) is 0 Å². The van der Waals surface area contributed by atoms with E-state index in [9.17, 15) is 9.59 Å². The third-order valence-corrected chi connectivity index (χ3v) is 2.33. The van der Waals surface area contributed by atoms with Crippen LogP contribution >= 0.6 is 11.8 Å². The number of carboxylic acid groups (broad SMARTS) is 1. The molecule has 6 heteroatoms. The molecule has 0 aliphatic rings. The summed E-state index contributed by atoms with van der Waals surface area (Å²) in [7, 11) is 1.59. The van der Waals surface area contributed by atoms with E-state index in [1.54, 1.807) is 7.11 Å². The van der Waals surface area contributed by atoms with Crippen LogP contribution in [0.1, 0.15) is 6.92 Å². The number of amides is 1. The van der Waals surface area contributed by atoms with Crippen molar-refractivity contribution in [2.24, 2.45) is 0 Å². The lowest BCUT2D eigenvalue weighted by Crippen LogP contribution is -2.39. The van der Waals surface area contributed by atoms with Crippen LogP contribution in [0.2, 0.25) is 0 Å². The van der Waals surface area contributed by atoms with Crippen LogP contribution in [0.4, 0.5) is 0 Å². The highest BCUT2D eigenvalue weighted by molar-refractivity contribution is 7.99. The third kappa shape index (κ3) is 6.73. The highest BCUT2D eigenvalue weighted by Crippen LogP contribution is 1.98. The molecule has 82 valence electrons. The Labute approximate surface area is 87.2 Å². The number of carboxylic acids is 1. The number of methoxy groups -OCH3 is 1. The second-order valence-corrected chi connectivity index (χ2v) is 3.78. The SMILES string of the molecule is COCCSCC(=O)NC(C)C(=O)O. The topological polar surface area (TPSA) is 75.6 Å². The number of hydrogen-bond donors (Lipinski definition) is 2. The fraction of sp³-hybridized carbons (Fsp3) is 0.750.